The molecular weight excluding hydrogens is 419 g/mol. The van der Waals surface area contributed by atoms with Gasteiger partial charge in [-0.15, -0.1) is 0 Å². The van der Waals surface area contributed by atoms with Crippen molar-refractivity contribution in [1.29, 1.82) is 0 Å². The molecule has 0 spiro atoms. The lowest BCUT2D eigenvalue weighted by Crippen LogP contribution is -2.11. The van der Waals surface area contributed by atoms with Crippen LogP contribution in [0.1, 0.15) is 17.3 Å². The van der Waals surface area contributed by atoms with Crippen LogP contribution in [0.5, 0.6) is 5.75 Å². The summed E-state index contributed by atoms with van der Waals surface area (Å²) in [5.74, 6) is -0.359. The Hall–Kier alpha value is -1.61. The molecule has 0 radical (unpaired) electrons. The van der Waals surface area contributed by atoms with Crippen molar-refractivity contribution >= 4 is 38.7 Å². The van der Waals surface area contributed by atoms with Gasteiger partial charge in [-0.1, -0.05) is 12.1 Å². The van der Waals surface area contributed by atoms with Crippen LogP contribution in [0.3, 0.4) is 0 Å². The average Bonchev–Trinajstić information content (AvgIpc) is 2.47. The smallest absolute Gasteiger partial charge is 0.339 e. The number of halogens is 1. The van der Waals surface area contributed by atoms with Gasteiger partial charge in [0.2, 0.25) is 0 Å². The minimum absolute atomic E-state index is 0.100. The Morgan fingerprint density at radius 3 is 2.55 bits per heavy atom. The molecule has 116 valence electrons. The topological polar surface area (TPSA) is 69.7 Å². The number of hydrogen-bond donors (Lipinski definition) is 0. The predicted molar refractivity (Wildman–Crippen MR) is 89.4 cm³/mol. The second-order valence-electron chi connectivity index (χ2n) is 4.24. The number of carbonyl (C=O) groups excluding carboxylic acids is 1. The lowest BCUT2D eigenvalue weighted by molar-refractivity contribution is 0.0526. The fourth-order valence-corrected chi connectivity index (χ4v) is 3.17. The monoisotopic (exact) mass is 432 g/mol. The molecule has 0 aliphatic heterocycles. The molecule has 2 rings (SSSR count). The normalized spacial score (nSPS) is 11.0. The van der Waals surface area contributed by atoms with E-state index in [-0.39, 0.29) is 22.8 Å². The Morgan fingerprint density at radius 1 is 1.14 bits per heavy atom. The van der Waals surface area contributed by atoms with Gasteiger partial charge in [-0.25, -0.2) is 4.79 Å². The maximum atomic E-state index is 12.3. The Balaban J connectivity index is 2.30. The molecule has 0 aliphatic carbocycles. The van der Waals surface area contributed by atoms with Gasteiger partial charge in [-0.2, -0.15) is 8.42 Å². The van der Waals surface area contributed by atoms with E-state index in [2.05, 4.69) is 22.6 Å². The van der Waals surface area contributed by atoms with Crippen LogP contribution in [0.25, 0.3) is 0 Å². The number of esters is 1. The van der Waals surface area contributed by atoms with Crippen molar-refractivity contribution in [3.63, 3.8) is 0 Å². The molecule has 0 bridgehead atoms. The Kier molecular flexibility index (Phi) is 5.41. The molecule has 7 heteroatoms. The van der Waals surface area contributed by atoms with Crippen molar-refractivity contribution in [1.82, 2.24) is 0 Å². The van der Waals surface area contributed by atoms with Gasteiger partial charge in [0.15, 0.2) is 0 Å². The first-order valence-electron chi connectivity index (χ1n) is 6.39. The Morgan fingerprint density at radius 2 is 1.86 bits per heavy atom. The zero-order valence-corrected chi connectivity index (χ0v) is 14.6. The van der Waals surface area contributed by atoms with E-state index in [9.17, 15) is 13.2 Å². The van der Waals surface area contributed by atoms with Crippen LogP contribution in [-0.4, -0.2) is 21.0 Å². The zero-order valence-electron chi connectivity index (χ0n) is 11.7. The molecule has 2 aromatic rings. The SMILES string of the molecule is CCOC(=O)c1cccc(S(=O)(=O)Oc2cccc(I)c2)c1. The summed E-state index contributed by atoms with van der Waals surface area (Å²) in [6.45, 7) is 1.90. The van der Waals surface area contributed by atoms with Gasteiger partial charge in [-0.05, 0) is 65.9 Å². The largest absolute Gasteiger partial charge is 0.462 e. The molecule has 0 fully saturated rings. The summed E-state index contributed by atoms with van der Waals surface area (Å²) in [4.78, 5) is 11.6. The zero-order chi connectivity index (χ0) is 16.2. The third-order valence-electron chi connectivity index (χ3n) is 2.64. The van der Waals surface area contributed by atoms with E-state index in [1.54, 1.807) is 25.1 Å². The number of hydrogen-bond acceptors (Lipinski definition) is 5. The lowest BCUT2D eigenvalue weighted by atomic mass is 10.2. The first-order chi connectivity index (χ1) is 10.4. The summed E-state index contributed by atoms with van der Waals surface area (Å²) in [6.07, 6.45) is 0. The minimum atomic E-state index is -4.01. The molecule has 0 saturated heterocycles. The van der Waals surface area contributed by atoms with Crippen LogP contribution in [0.2, 0.25) is 0 Å². The molecule has 0 aliphatic rings. The van der Waals surface area contributed by atoms with Crippen LogP contribution in [0.4, 0.5) is 0 Å². The highest BCUT2D eigenvalue weighted by molar-refractivity contribution is 14.1. The fraction of sp³-hybridized carbons (Fsp3) is 0.133. The van der Waals surface area contributed by atoms with Gasteiger partial charge in [0.05, 0.1) is 12.2 Å². The third kappa shape index (κ3) is 4.20. The van der Waals surface area contributed by atoms with E-state index in [0.717, 1.165) is 3.57 Å². The van der Waals surface area contributed by atoms with E-state index in [1.807, 2.05) is 6.07 Å². The molecule has 0 aromatic heterocycles. The molecule has 0 amide bonds. The highest BCUT2D eigenvalue weighted by Gasteiger charge is 2.19. The van der Waals surface area contributed by atoms with Crippen LogP contribution >= 0.6 is 22.6 Å². The minimum Gasteiger partial charge on any atom is -0.462 e. The van der Waals surface area contributed by atoms with E-state index in [4.69, 9.17) is 8.92 Å². The van der Waals surface area contributed by atoms with Gasteiger partial charge in [0.25, 0.3) is 0 Å². The maximum Gasteiger partial charge on any atom is 0.339 e. The summed E-state index contributed by atoms with van der Waals surface area (Å²) < 4.78 is 35.3. The molecule has 5 nitrogen and oxygen atoms in total. The van der Waals surface area contributed by atoms with Crippen LogP contribution < -0.4 is 4.18 Å². The maximum absolute atomic E-state index is 12.3. The first kappa shape index (κ1) is 16.8. The number of carbonyl (C=O) groups is 1. The van der Waals surface area contributed by atoms with E-state index in [0.29, 0.717) is 0 Å². The second kappa shape index (κ2) is 7.10. The second-order valence-corrected chi connectivity index (χ2v) is 7.04. The molecule has 0 unspecified atom stereocenters. The van der Waals surface area contributed by atoms with E-state index < -0.39 is 16.1 Å². The molecule has 2 aromatic carbocycles. The molecular formula is C15H13IO5S. The van der Waals surface area contributed by atoms with Crippen molar-refractivity contribution in [2.45, 2.75) is 11.8 Å². The Labute approximate surface area is 142 Å². The third-order valence-corrected chi connectivity index (χ3v) is 4.55. The summed E-state index contributed by atoms with van der Waals surface area (Å²) in [5.41, 5.74) is 0.161. The van der Waals surface area contributed by atoms with Gasteiger partial charge in [-0.3, -0.25) is 0 Å². The van der Waals surface area contributed by atoms with Gasteiger partial charge in [0.1, 0.15) is 10.6 Å². The van der Waals surface area contributed by atoms with Crippen molar-refractivity contribution in [3.8, 4) is 5.75 Å². The number of rotatable bonds is 5. The molecule has 0 heterocycles. The van der Waals surface area contributed by atoms with Crippen LogP contribution in [0.15, 0.2) is 53.4 Å². The summed E-state index contributed by atoms with van der Waals surface area (Å²) >= 11 is 2.06. The number of benzene rings is 2. The average molecular weight is 432 g/mol. The first-order valence-corrected chi connectivity index (χ1v) is 8.88. The van der Waals surface area contributed by atoms with Crippen molar-refractivity contribution < 1.29 is 22.1 Å². The summed E-state index contributed by atoms with van der Waals surface area (Å²) in [6, 6.07) is 12.2. The van der Waals surface area contributed by atoms with Crippen molar-refractivity contribution in [3.05, 3.63) is 57.7 Å². The fourth-order valence-electron chi connectivity index (χ4n) is 1.69. The highest BCUT2D eigenvalue weighted by atomic mass is 127. The predicted octanol–water partition coefficient (Wildman–Crippen LogP) is 3.24. The van der Waals surface area contributed by atoms with Crippen molar-refractivity contribution in [2.24, 2.45) is 0 Å². The summed E-state index contributed by atoms with van der Waals surface area (Å²) in [5, 5.41) is 0. The Bertz CT molecular complexity index is 786. The standard InChI is InChI=1S/C15H13IO5S/c1-2-20-15(17)11-5-3-8-14(9-11)22(18,19)21-13-7-4-6-12(16)10-13/h3-10H,2H2,1H3. The lowest BCUT2D eigenvalue weighted by Gasteiger charge is -2.08. The van der Waals surface area contributed by atoms with Gasteiger partial charge >= 0.3 is 16.1 Å². The molecule has 0 saturated carbocycles. The molecule has 0 atom stereocenters. The van der Waals surface area contributed by atoms with E-state index >= 15 is 0 Å². The molecule has 0 N–H and O–H groups in total. The van der Waals surface area contributed by atoms with Crippen LogP contribution in [0, 0.1) is 3.57 Å². The van der Waals surface area contributed by atoms with Crippen LogP contribution in [-0.2, 0) is 14.9 Å². The van der Waals surface area contributed by atoms with Crippen molar-refractivity contribution in [2.75, 3.05) is 6.61 Å². The van der Waals surface area contributed by atoms with Gasteiger partial charge in [0, 0.05) is 3.57 Å². The van der Waals surface area contributed by atoms with Gasteiger partial charge < -0.3 is 8.92 Å². The molecule has 22 heavy (non-hydrogen) atoms. The van der Waals surface area contributed by atoms with E-state index in [1.165, 1.54) is 24.3 Å². The quantitative estimate of drug-likeness (QED) is 0.412. The summed E-state index contributed by atoms with van der Waals surface area (Å²) in [7, 11) is -4.01. The highest BCUT2D eigenvalue weighted by Crippen LogP contribution is 2.21. The number of ether oxygens (including phenoxy) is 1.